The average molecular weight is 279 g/mol. The number of oxime groups is 1. The summed E-state index contributed by atoms with van der Waals surface area (Å²) in [6.45, 7) is 1.99. The lowest BCUT2D eigenvalue weighted by Crippen LogP contribution is -2.08. The molecule has 0 unspecified atom stereocenters. The third-order valence-electron chi connectivity index (χ3n) is 2.40. The fourth-order valence-electron chi connectivity index (χ4n) is 1.41. The molecule has 0 spiro atoms. The van der Waals surface area contributed by atoms with Crippen molar-refractivity contribution < 1.29 is 18.9 Å². The highest BCUT2D eigenvalue weighted by molar-refractivity contribution is 5.97. The first-order valence-corrected chi connectivity index (χ1v) is 6.14. The van der Waals surface area contributed by atoms with Crippen molar-refractivity contribution in [1.82, 2.24) is 10.1 Å². The topological polar surface area (TPSA) is 80.7 Å². The average Bonchev–Trinajstić information content (AvgIpc) is 2.94. The molecular weight excluding hydrogens is 265 g/mol. The lowest BCUT2D eigenvalue weighted by Gasteiger charge is -1.97. The van der Waals surface area contributed by atoms with Crippen LogP contribution in [0.4, 0.5) is 4.39 Å². The Morgan fingerprint density at radius 2 is 2.15 bits per heavy atom. The highest BCUT2D eigenvalue weighted by Crippen LogP contribution is 2.16. The van der Waals surface area contributed by atoms with Crippen LogP contribution in [0.5, 0.6) is 0 Å². The quantitative estimate of drug-likeness (QED) is 0.497. The maximum atomic E-state index is 12.8. The predicted octanol–water partition coefficient (Wildman–Crippen LogP) is 2.00. The van der Waals surface area contributed by atoms with Gasteiger partial charge in [-0.25, -0.2) is 4.39 Å². The fourth-order valence-corrected chi connectivity index (χ4v) is 1.41. The maximum Gasteiger partial charge on any atom is 0.278 e. The van der Waals surface area contributed by atoms with E-state index in [2.05, 4.69) is 15.3 Å². The summed E-state index contributed by atoms with van der Waals surface area (Å²) in [5, 5.41) is 16.7. The monoisotopic (exact) mass is 279 g/mol. The molecule has 1 heterocycles. The van der Waals surface area contributed by atoms with Gasteiger partial charge in [-0.2, -0.15) is 4.98 Å². The Bertz CT molecular complexity index is 581. The van der Waals surface area contributed by atoms with Gasteiger partial charge in [0.15, 0.2) is 5.71 Å². The van der Waals surface area contributed by atoms with Gasteiger partial charge in [0, 0.05) is 5.56 Å². The molecule has 20 heavy (non-hydrogen) atoms. The number of hydrogen-bond donors (Lipinski definition) is 1. The molecule has 1 N–H and O–H groups in total. The van der Waals surface area contributed by atoms with Gasteiger partial charge in [0.05, 0.1) is 6.61 Å². The normalized spacial score (nSPS) is 11.7. The molecule has 0 radical (unpaired) electrons. The molecule has 7 heteroatoms. The van der Waals surface area contributed by atoms with Crippen molar-refractivity contribution in [3.8, 4) is 11.4 Å². The molecule has 106 valence electrons. The number of halogens is 1. The van der Waals surface area contributed by atoms with Crippen LogP contribution in [0.15, 0.2) is 33.9 Å². The van der Waals surface area contributed by atoms with Gasteiger partial charge in [0.2, 0.25) is 5.82 Å². The molecule has 1 aromatic carbocycles. The zero-order valence-corrected chi connectivity index (χ0v) is 10.9. The second kappa shape index (κ2) is 6.76. The summed E-state index contributed by atoms with van der Waals surface area (Å²) < 4.78 is 17.8. The van der Waals surface area contributed by atoms with Crippen molar-refractivity contribution in [2.24, 2.45) is 5.16 Å². The van der Waals surface area contributed by atoms with Crippen LogP contribution in [0.2, 0.25) is 0 Å². The van der Waals surface area contributed by atoms with Crippen molar-refractivity contribution in [2.45, 2.75) is 13.3 Å². The standard InChI is InChI=1S/C13H14FN3O3/c1-2-7-19-16-11(8-18)13-15-12(17-20-13)9-3-5-10(14)6-4-9/h3-6,18H,2,7-8H2,1H3. The SMILES string of the molecule is CCCON=C(CO)c1nc(-c2ccc(F)cc2)no1. The minimum atomic E-state index is -0.380. The largest absolute Gasteiger partial charge is 0.395 e. The first-order valence-electron chi connectivity index (χ1n) is 6.14. The third kappa shape index (κ3) is 3.39. The molecule has 0 amide bonds. The van der Waals surface area contributed by atoms with Crippen LogP contribution in [-0.2, 0) is 4.84 Å². The summed E-state index contributed by atoms with van der Waals surface area (Å²) in [5.41, 5.74) is 0.757. The van der Waals surface area contributed by atoms with E-state index in [-0.39, 0.29) is 29.9 Å². The van der Waals surface area contributed by atoms with Gasteiger partial charge < -0.3 is 14.5 Å². The Labute approximate surface area is 114 Å². The molecule has 0 aliphatic heterocycles. The number of rotatable bonds is 6. The zero-order valence-electron chi connectivity index (χ0n) is 10.9. The lowest BCUT2D eigenvalue weighted by molar-refractivity contribution is 0.142. The second-order valence-electron chi connectivity index (χ2n) is 3.96. The number of aliphatic hydroxyl groups is 1. The molecule has 0 saturated heterocycles. The van der Waals surface area contributed by atoms with E-state index in [0.717, 1.165) is 6.42 Å². The van der Waals surface area contributed by atoms with Crippen LogP contribution in [0, 0.1) is 5.82 Å². The lowest BCUT2D eigenvalue weighted by atomic mass is 10.2. The number of aromatic nitrogens is 2. The Morgan fingerprint density at radius 1 is 1.40 bits per heavy atom. The van der Waals surface area contributed by atoms with Gasteiger partial charge in [-0.3, -0.25) is 0 Å². The molecular formula is C13H14FN3O3. The molecule has 1 aromatic heterocycles. The highest BCUT2D eigenvalue weighted by Gasteiger charge is 2.14. The minimum absolute atomic E-state index is 0.0722. The van der Waals surface area contributed by atoms with Crippen LogP contribution in [0.1, 0.15) is 19.2 Å². The summed E-state index contributed by atoms with van der Waals surface area (Å²) in [4.78, 5) is 9.06. The van der Waals surface area contributed by atoms with E-state index >= 15 is 0 Å². The van der Waals surface area contributed by atoms with Gasteiger partial charge in [0.1, 0.15) is 12.4 Å². The van der Waals surface area contributed by atoms with Gasteiger partial charge >= 0.3 is 0 Å². The Morgan fingerprint density at radius 3 is 2.80 bits per heavy atom. The molecule has 0 saturated carbocycles. The molecule has 0 fully saturated rings. The van der Waals surface area contributed by atoms with Crippen LogP contribution in [0.3, 0.4) is 0 Å². The van der Waals surface area contributed by atoms with Crippen molar-refractivity contribution in [2.75, 3.05) is 13.2 Å². The molecule has 0 bridgehead atoms. The van der Waals surface area contributed by atoms with E-state index < -0.39 is 0 Å². The van der Waals surface area contributed by atoms with E-state index in [1.165, 1.54) is 24.3 Å². The summed E-state index contributed by atoms with van der Waals surface area (Å²) in [5.74, 6) is 0.0163. The summed E-state index contributed by atoms with van der Waals surface area (Å²) in [6.07, 6.45) is 0.798. The van der Waals surface area contributed by atoms with Crippen molar-refractivity contribution in [1.29, 1.82) is 0 Å². The van der Waals surface area contributed by atoms with Crippen LogP contribution in [0.25, 0.3) is 11.4 Å². The van der Waals surface area contributed by atoms with Gasteiger partial charge in [-0.05, 0) is 30.7 Å². The highest BCUT2D eigenvalue weighted by atomic mass is 19.1. The zero-order chi connectivity index (χ0) is 14.4. The summed E-state index contributed by atoms with van der Waals surface area (Å²) in [7, 11) is 0. The van der Waals surface area contributed by atoms with Gasteiger partial charge in [-0.15, -0.1) is 0 Å². The smallest absolute Gasteiger partial charge is 0.278 e. The fraction of sp³-hybridized carbons (Fsp3) is 0.308. The van der Waals surface area contributed by atoms with Gasteiger partial charge in [-0.1, -0.05) is 17.2 Å². The van der Waals surface area contributed by atoms with Crippen molar-refractivity contribution in [3.05, 3.63) is 36.0 Å². The maximum absolute atomic E-state index is 12.8. The third-order valence-corrected chi connectivity index (χ3v) is 2.40. The molecule has 2 rings (SSSR count). The van der Waals surface area contributed by atoms with E-state index in [1.54, 1.807) is 0 Å². The predicted molar refractivity (Wildman–Crippen MR) is 69.6 cm³/mol. The van der Waals surface area contributed by atoms with E-state index in [1.807, 2.05) is 6.92 Å². The Balaban J connectivity index is 2.18. The molecule has 0 aliphatic rings. The Hall–Kier alpha value is -2.28. The first-order chi connectivity index (χ1) is 9.74. The summed E-state index contributed by atoms with van der Waals surface area (Å²) >= 11 is 0. The molecule has 6 nitrogen and oxygen atoms in total. The second-order valence-corrected chi connectivity index (χ2v) is 3.96. The van der Waals surface area contributed by atoms with E-state index in [9.17, 15) is 9.50 Å². The van der Waals surface area contributed by atoms with E-state index in [0.29, 0.717) is 12.2 Å². The van der Waals surface area contributed by atoms with Crippen molar-refractivity contribution in [3.63, 3.8) is 0 Å². The number of nitrogens with zero attached hydrogens (tertiary/aromatic N) is 3. The van der Waals surface area contributed by atoms with Crippen molar-refractivity contribution >= 4 is 5.71 Å². The molecule has 0 aliphatic carbocycles. The van der Waals surface area contributed by atoms with E-state index in [4.69, 9.17) is 9.36 Å². The molecule has 0 atom stereocenters. The molecule has 2 aromatic rings. The van der Waals surface area contributed by atoms with Gasteiger partial charge in [0.25, 0.3) is 5.89 Å². The first kappa shape index (κ1) is 14.1. The van der Waals surface area contributed by atoms with Crippen LogP contribution in [-0.4, -0.2) is 34.2 Å². The summed E-state index contributed by atoms with van der Waals surface area (Å²) in [6, 6.07) is 5.67. The van der Waals surface area contributed by atoms with Crippen LogP contribution < -0.4 is 0 Å². The Kier molecular flexibility index (Phi) is 4.78. The number of benzene rings is 1. The number of hydrogen-bond acceptors (Lipinski definition) is 6. The van der Waals surface area contributed by atoms with Crippen LogP contribution >= 0.6 is 0 Å². The number of aliphatic hydroxyl groups excluding tert-OH is 1. The minimum Gasteiger partial charge on any atom is -0.395 e.